The highest BCUT2D eigenvalue weighted by molar-refractivity contribution is 6.37. The summed E-state index contributed by atoms with van der Waals surface area (Å²) in [6.07, 6.45) is -4.51. The topological polar surface area (TPSA) is 77.1 Å². The third kappa shape index (κ3) is 4.22. The first kappa shape index (κ1) is 23.6. The van der Waals surface area contributed by atoms with Gasteiger partial charge in [-0.15, -0.1) is 0 Å². The van der Waals surface area contributed by atoms with Gasteiger partial charge >= 0.3 is 6.18 Å². The van der Waals surface area contributed by atoms with E-state index < -0.39 is 17.6 Å². The van der Waals surface area contributed by atoms with E-state index >= 15 is 0 Å². The Kier molecular flexibility index (Phi) is 5.80. The van der Waals surface area contributed by atoms with E-state index in [1.807, 2.05) is 0 Å². The molecule has 0 aliphatic carbocycles. The number of carbonyl (C=O) groups excluding carboxylic acids is 1. The van der Waals surface area contributed by atoms with Gasteiger partial charge in [-0.2, -0.15) is 13.2 Å². The molecule has 0 radical (unpaired) electrons. The lowest BCUT2D eigenvalue weighted by Gasteiger charge is -2.13. The van der Waals surface area contributed by atoms with Gasteiger partial charge in [0.1, 0.15) is 16.7 Å². The lowest BCUT2D eigenvalue weighted by molar-refractivity contribution is -0.137. The number of aryl methyl sites for hydroxylation is 1. The normalized spacial score (nSPS) is 11.8. The molecule has 0 aliphatic heterocycles. The van der Waals surface area contributed by atoms with Crippen LogP contribution in [0.25, 0.3) is 27.5 Å². The predicted molar refractivity (Wildman–Crippen MR) is 131 cm³/mol. The molecule has 0 atom stereocenters. The number of aromatic nitrogens is 2. The number of amides is 1. The second-order valence-corrected chi connectivity index (χ2v) is 8.61. The van der Waals surface area contributed by atoms with Crippen molar-refractivity contribution >= 4 is 45.0 Å². The Morgan fingerprint density at radius 3 is 2.50 bits per heavy atom. The van der Waals surface area contributed by atoms with Crippen molar-refractivity contribution < 1.29 is 22.5 Å². The largest absolute Gasteiger partial charge is 0.416 e. The molecule has 0 bridgehead atoms. The van der Waals surface area contributed by atoms with Crippen LogP contribution in [0.4, 0.5) is 18.9 Å². The molecule has 5 aromatic rings. The Morgan fingerprint density at radius 1 is 1.06 bits per heavy atom. The molecule has 0 fully saturated rings. The van der Waals surface area contributed by atoms with Gasteiger partial charge in [-0.25, -0.2) is 0 Å². The number of rotatable bonds is 4. The fourth-order valence-corrected chi connectivity index (χ4v) is 4.40. The number of nitrogens with zero attached hydrogens (tertiary/aromatic N) is 2. The molecule has 182 valence electrons. The van der Waals surface area contributed by atoms with Crippen LogP contribution in [0.3, 0.4) is 0 Å². The maximum Gasteiger partial charge on any atom is 0.416 e. The second kappa shape index (κ2) is 8.83. The van der Waals surface area contributed by atoms with Gasteiger partial charge in [-0.05, 0) is 61.0 Å². The number of alkyl halides is 3. The van der Waals surface area contributed by atoms with Gasteiger partial charge in [0.15, 0.2) is 0 Å². The molecule has 5 rings (SSSR count). The summed E-state index contributed by atoms with van der Waals surface area (Å²) in [5, 5.41) is 7.90. The van der Waals surface area contributed by atoms with Crippen molar-refractivity contribution in [2.45, 2.75) is 19.5 Å². The van der Waals surface area contributed by atoms with Gasteiger partial charge in [0.05, 0.1) is 22.5 Å². The fraction of sp³-hybridized carbons (Fsp3) is 0.115. The molecule has 0 saturated heterocycles. The minimum atomic E-state index is -4.45. The summed E-state index contributed by atoms with van der Waals surface area (Å²) in [4.78, 5) is 26.0. The van der Waals surface area contributed by atoms with Gasteiger partial charge in [0.2, 0.25) is 5.91 Å². The minimum Gasteiger partial charge on any atom is -0.360 e. The Bertz CT molecular complexity index is 1690. The van der Waals surface area contributed by atoms with E-state index in [0.717, 1.165) is 12.1 Å². The van der Waals surface area contributed by atoms with Crippen LogP contribution in [0, 0.1) is 6.92 Å². The zero-order valence-corrected chi connectivity index (χ0v) is 19.4. The van der Waals surface area contributed by atoms with Crippen LogP contribution in [0.1, 0.15) is 16.9 Å². The monoisotopic (exact) mass is 511 g/mol. The Hall–Kier alpha value is -4.11. The van der Waals surface area contributed by atoms with Crippen LogP contribution >= 0.6 is 11.6 Å². The van der Waals surface area contributed by atoms with Gasteiger partial charge in [0.25, 0.3) is 5.56 Å². The van der Waals surface area contributed by atoms with Crippen molar-refractivity contribution in [1.29, 1.82) is 0 Å². The summed E-state index contributed by atoms with van der Waals surface area (Å²) in [7, 11) is 0. The van der Waals surface area contributed by atoms with Crippen LogP contribution in [0.2, 0.25) is 5.02 Å². The number of carbonyl (C=O) groups is 1. The molecule has 6 nitrogen and oxygen atoms in total. The van der Waals surface area contributed by atoms with Crippen molar-refractivity contribution in [3.63, 3.8) is 0 Å². The number of pyridine rings is 1. The quantitative estimate of drug-likeness (QED) is 0.307. The van der Waals surface area contributed by atoms with E-state index in [0.29, 0.717) is 43.8 Å². The Balaban J connectivity index is 1.49. The SMILES string of the molecule is Cc1onc2c1c(=O)n(-c1cccc(CC(=O)Nc3ccc(C(F)(F)F)cc3)c1)c1cccc(Cl)c21. The zero-order chi connectivity index (χ0) is 25.6. The average Bonchev–Trinajstić information content (AvgIpc) is 3.21. The van der Waals surface area contributed by atoms with E-state index in [-0.39, 0.29) is 17.7 Å². The maximum absolute atomic E-state index is 13.5. The van der Waals surface area contributed by atoms with Gasteiger partial charge in [-0.3, -0.25) is 14.2 Å². The summed E-state index contributed by atoms with van der Waals surface area (Å²) in [6, 6.07) is 16.2. The summed E-state index contributed by atoms with van der Waals surface area (Å²) in [5.41, 5.74) is 1.11. The zero-order valence-electron chi connectivity index (χ0n) is 18.7. The number of benzene rings is 3. The number of nitrogens with one attached hydrogen (secondary N) is 1. The van der Waals surface area contributed by atoms with Crippen LogP contribution in [0.5, 0.6) is 0 Å². The summed E-state index contributed by atoms with van der Waals surface area (Å²) in [5.74, 6) is -0.0601. The van der Waals surface area contributed by atoms with Crippen molar-refractivity contribution in [1.82, 2.24) is 9.72 Å². The van der Waals surface area contributed by atoms with E-state index in [1.165, 1.54) is 16.7 Å². The molecule has 1 amide bonds. The molecule has 0 saturated carbocycles. The molecule has 2 heterocycles. The molecular weight excluding hydrogens is 495 g/mol. The highest BCUT2D eigenvalue weighted by atomic mass is 35.5. The van der Waals surface area contributed by atoms with Crippen LogP contribution in [-0.4, -0.2) is 15.6 Å². The van der Waals surface area contributed by atoms with Gasteiger partial charge < -0.3 is 9.84 Å². The second-order valence-electron chi connectivity index (χ2n) is 8.21. The number of hydrogen-bond donors (Lipinski definition) is 1. The third-order valence-electron chi connectivity index (χ3n) is 5.78. The smallest absolute Gasteiger partial charge is 0.360 e. The number of hydrogen-bond acceptors (Lipinski definition) is 4. The third-order valence-corrected chi connectivity index (χ3v) is 6.09. The number of fused-ring (bicyclic) bond motifs is 3. The number of halogens is 4. The van der Waals surface area contributed by atoms with Gasteiger partial charge in [0, 0.05) is 16.8 Å². The van der Waals surface area contributed by atoms with Crippen molar-refractivity contribution in [2.75, 3.05) is 5.32 Å². The molecule has 0 aliphatic rings. The van der Waals surface area contributed by atoms with Gasteiger partial charge in [-0.1, -0.05) is 35.0 Å². The van der Waals surface area contributed by atoms with E-state index in [9.17, 15) is 22.8 Å². The summed E-state index contributed by atoms with van der Waals surface area (Å²) in [6.45, 7) is 1.64. The molecule has 3 aromatic carbocycles. The first-order valence-corrected chi connectivity index (χ1v) is 11.2. The first-order valence-electron chi connectivity index (χ1n) is 10.8. The molecule has 2 aromatic heterocycles. The Morgan fingerprint density at radius 2 is 1.78 bits per heavy atom. The van der Waals surface area contributed by atoms with E-state index in [2.05, 4.69) is 10.5 Å². The highest BCUT2D eigenvalue weighted by Crippen LogP contribution is 2.32. The predicted octanol–water partition coefficient (Wildman–Crippen LogP) is 6.29. The lowest BCUT2D eigenvalue weighted by Crippen LogP contribution is -2.20. The molecular formula is C26H17ClF3N3O3. The van der Waals surface area contributed by atoms with E-state index in [1.54, 1.807) is 49.4 Å². The molecule has 10 heteroatoms. The molecule has 1 N–H and O–H groups in total. The molecule has 0 spiro atoms. The standard InChI is InChI=1S/C26H17ClF3N3O3/c1-14-22-24(32-36-14)23-19(27)6-3-7-20(23)33(25(22)35)18-5-2-4-15(12-18)13-21(34)31-17-10-8-16(9-11-17)26(28,29)30/h2-12H,13H2,1H3,(H,31,34). The molecule has 0 unspecified atom stereocenters. The fourth-order valence-electron chi connectivity index (χ4n) is 4.14. The average molecular weight is 512 g/mol. The highest BCUT2D eigenvalue weighted by Gasteiger charge is 2.30. The van der Waals surface area contributed by atoms with Crippen LogP contribution in [0.15, 0.2) is 76.0 Å². The lowest BCUT2D eigenvalue weighted by atomic mass is 10.1. The Labute approximate surface area is 206 Å². The first-order chi connectivity index (χ1) is 17.1. The van der Waals surface area contributed by atoms with E-state index in [4.69, 9.17) is 16.1 Å². The number of anilines is 1. The van der Waals surface area contributed by atoms with Crippen molar-refractivity contribution in [2.24, 2.45) is 0 Å². The van der Waals surface area contributed by atoms with Crippen molar-refractivity contribution in [3.05, 3.63) is 99.0 Å². The maximum atomic E-state index is 13.5. The summed E-state index contributed by atoms with van der Waals surface area (Å²) < 4.78 is 45.0. The van der Waals surface area contributed by atoms with Crippen LogP contribution < -0.4 is 10.9 Å². The van der Waals surface area contributed by atoms with Crippen LogP contribution in [-0.2, 0) is 17.4 Å². The minimum absolute atomic E-state index is 0.0587. The van der Waals surface area contributed by atoms with Crippen molar-refractivity contribution in [3.8, 4) is 5.69 Å². The molecule has 36 heavy (non-hydrogen) atoms. The summed E-state index contributed by atoms with van der Waals surface area (Å²) >= 11 is 6.46.